The second-order valence-corrected chi connectivity index (χ2v) is 11.1. The molecular weight excluding hydrogens is 428 g/mol. The summed E-state index contributed by atoms with van der Waals surface area (Å²) in [5.41, 5.74) is 3.24. The van der Waals surface area contributed by atoms with Crippen molar-refractivity contribution in [3.63, 3.8) is 0 Å². The molecule has 2 N–H and O–H groups in total. The Balaban J connectivity index is 1.18. The van der Waals surface area contributed by atoms with Crippen molar-refractivity contribution in [2.45, 2.75) is 63.3 Å². The summed E-state index contributed by atoms with van der Waals surface area (Å²) in [5, 5.41) is 4.86. The van der Waals surface area contributed by atoms with Gasteiger partial charge in [0.2, 0.25) is 0 Å². The van der Waals surface area contributed by atoms with E-state index in [1.807, 2.05) is 12.1 Å². The van der Waals surface area contributed by atoms with E-state index in [4.69, 9.17) is 4.74 Å². The Morgan fingerprint density at radius 1 is 0.971 bits per heavy atom. The quantitative estimate of drug-likeness (QED) is 0.400. The molecular formula is C28H30N2O4. The molecule has 34 heavy (non-hydrogen) atoms. The largest absolute Gasteiger partial charge is 0.426 e. The van der Waals surface area contributed by atoms with Crippen LogP contribution < -0.4 is 15.4 Å². The molecule has 1 heterocycles. The molecule has 4 bridgehead atoms. The Morgan fingerprint density at radius 2 is 1.65 bits per heavy atom. The normalized spacial score (nSPS) is 33.5. The zero-order valence-electron chi connectivity index (χ0n) is 19.4. The van der Waals surface area contributed by atoms with E-state index in [1.165, 1.54) is 30.4 Å². The van der Waals surface area contributed by atoms with Crippen LogP contribution in [0, 0.1) is 24.2 Å². The number of urea groups is 1. The van der Waals surface area contributed by atoms with E-state index in [0.29, 0.717) is 24.0 Å². The molecule has 4 saturated carbocycles. The molecule has 0 spiro atoms. The Labute approximate surface area is 199 Å². The summed E-state index contributed by atoms with van der Waals surface area (Å²) in [5.74, 6) is 1.31. The number of rotatable bonds is 5. The molecule has 2 aromatic rings. The number of aryl methyl sites for hydroxylation is 1. The van der Waals surface area contributed by atoms with Crippen LogP contribution >= 0.6 is 0 Å². The minimum absolute atomic E-state index is 0.0896. The first-order valence-electron chi connectivity index (χ1n) is 12.3. The molecule has 6 heteroatoms. The number of ether oxygens (including phenoxy) is 1. The highest BCUT2D eigenvalue weighted by atomic mass is 16.5. The molecule has 3 unspecified atom stereocenters. The van der Waals surface area contributed by atoms with Gasteiger partial charge in [0.05, 0.1) is 5.41 Å². The van der Waals surface area contributed by atoms with Gasteiger partial charge in [0.25, 0.3) is 5.91 Å². The van der Waals surface area contributed by atoms with Gasteiger partial charge < -0.3 is 10.1 Å². The fourth-order valence-electron chi connectivity index (χ4n) is 7.49. The minimum Gasteiger partial charge on any atom is -0.426 e. The van der Waals surface area contributed by atoms with Gasteiger partial charge in [0.1, 0.15) is 11.8 Å². The van der Waals surface area contributed by atoms with Crippen LogP contribution in [-0.4, -0.2) is 23.9 Å². The third kappa shape index (κ3) is 3.60. The third-order valence-corrected chi connectivity index (χ3v) is 8.59. The maximum absolute atomic E-state index is 13.6. The predicted molar refractivity (Wildman–Crippen MR) is 126 cm³/mol. The van der Waals surface area contributed by atoms with Crippen molar-refractivity contribution in [2.75, 3.05) is 0 Å². The molecule has 4 aliphatic carbocycles. The summed E-state index contributed by atoms with van der Waals surface area (Å²) in [6, 6.07) is 15.2. The number of carbonyl (C=O) groups excluding carboxylic acids is 3. The molecule has 7 rings (SSSR count). The van der Waals surface area contributed by atoms with E-state index in [9.17, 15) is 14.4 Å². The summed E-state index contributed by atoms with van der Waals surface area (Å²) in [4.78, 5) is 36.7. The van der Waals surface area contributed by atoms with Gasteiger partial charge in [-0.1, -0.05) is 42.0 Å². The molecule has 5 fully saturated rings. The number of hydrogen-bond donors (Lipinski definition) is 2. The molecule has 3 amide bonds. The molecule has 1 saturated heterocycles. The van der Waals surface area contributed by atoms with Crippen LogP contribution in [0.1, 0.15) is 55.2 Å². The van der Waals surface area contributed by atoms with Crippen LogP contribution in [0.4, 0.5) is 4.79 Å². The van der Waals surface area contributed by atoms with Crippen molar-refractivity contribution < 1.29 is 19.1 Å². The van der Waals surface area contributed by atoms with E-state index >= 15 is 0 Å². The Hall–Kier alpha value is -3.15. The highest BCUT2D eigenvalue weighted by Crippen LogP contribution is 2.66. The van der Waals surface area contributed by atoms with Crippen LogP contribution in [0.5, 0.6) is 5.75 Å². The van der Waals surface area contributed by atoms with Crippen LogP contribution in [0.15, 0.2) is 48.5 Å². The minimum atomic E-state index is -0.564. The fraction of sp³-hybridized carbons (Fsp3) is 0.464. The Kier molecular flexibility index (Phi) is 4.84. The number of imide groups is 1. The van der Waals surface area contributed by atoms with Crippen molar-refractivity contribution in [1.29, 1.82) is 0 Å². The first-order valence-corrected chi connectivity index (χ1v) is 12.3. The lowest BCUT2D eigenvalue weighted by Crippen LogP contribution is -2.57. The van der Waals surface area contributed by atoms with Crippen molar-refractivity contribution >= 4 is 17.9 Å². The van der Waals surface area contributed by atoms with E-state index in [-0.39, 0.29) is 17.3 Å². The van der Waals surface area contributed by atoms with Gasteiger partial charge in [0.15, 0.2) is 0 Å². The average Bonchev–Trinajstić information content (AvgIpc) is 3.11. The average molecular weight is 459 g/mol. The Morgan fingerprint density at radius 3 is 2.26 bits per heavy atom. The third-order valence-electron chi connectivity index (χ3n) is 8.59. The van der Waals surface area contributed by atoms with Crippen LogP contribution in [0.25, 0.3) is 0 Å². The smallest absolute Gasteiger partial charge is 0.322 e. The summed E-state index contributed by atoms with van der Waals surface area (Å²) in [6.45, 7) is 2.12. The first-order chi connectivity index (χ1) is 16.3. The molecule has 6 nitrogen and oxygen atoms in total. The monoisotopic (exact) mass is 458 g/mol. The SMILES string of the molecule is Cc1ccc(C23CC4CC(CC(C(=O)Oc5ccc(CC6NC(=O)NC6=O)cc5)(C4)C2)C3)cc1. The maximum Gasteiger partial charge on any atom is 0.322 e. The van der Waals surface area contributed by atoms with Crippen molar-refractivity contribution in [1.82, 2.24) is 10.6 Å². The second-order valence-electron chi connectivity index (χ2n) is 11.1. The van der Waals surface area contributed by atoms with Crippen molar-refractivity contribution in [3.05, 3.63) is 65.2 Å². The maximum atomic E-state index is 13.6. The fourth-order valence-corrected chi connectivity index (χ4v) is 7.49. The van der Waals surface area contributed by atoms with Gasteiger partial charge in [0, 0.05) is 6.42 Å². The number of hydrogen-bond acceptors (Lipinski definition) is 4. The van der Waals surface area contributed by atoms with E-state index in [0.717, 1.165) is 24.8 Å². The van der Waals surface area contributed by atoms with Gasteiger partial charge in [-0.15, -0.1) is 0 Å². The van der Waals surface area contributed by atoms with Gasteiger partial charge >= 0.3 is 12.0 Å². The molecule has 5 aliphatic rings. The molecule has 3 atom stereocenters. The second kappa shape index (κ2) is 7.69. The lowest BCUT2D eigenvalue weighted by Gasteiger charge is -2.61. The number of esters is 1. The molecule has 176 valence electrons. The zero-order valence-corrected chi connectivity index (χ0v) is 19.4. The van der Waals surface area contributed by atoms with Gasteiger partial charge in [-0.25, -0.2) is 4.79 Å². The Bertz CT molecular complexity index is 1140. The number of nitrogens with one attached hydrogen (secondary N) is 2. The molecule has 0 aromatic heterocycles. The van der Waals surface area contributed by atoms with Crippen molar-refractivity contribution in [2.24, 2.45) is 17.3 Å². The lowest BCUT2D eigenvalue weighted by atomic mass is 9.43. The lowest BCUT2D eigenvalue weighted by molar-refractivity contribution is -0.164. The highest BCUT2D eigenvalue weighted by Gasteiger charge is 2.61. The van der Waals surface area contributed by atoms with Crippen LogP contribution in [0.3, 0.4) is 0 Å². The zero-order chi connectivity index (χ0) is 23.5. The van der Waals surface area contributed by atoms with E-state index in [1.54, 1.807) is 12.1 Å². The number of carbonyl (C=O) groups is 3. The predicted octanol–water partition coefficient (Wildman–Crippen LogP) is 4.19. The standard InChI is InChI=1S/C28H30N2O4/c1-17-2-6-21(7-3-17)27-12-19-10-20(13-27)15-28(14-19,16-27)25(32)34-22-8-4-18(5-9-22)11-23-24(31)30-26(33)29-23/h2-9,19-20,23H,10-16H2,1H3,(H2,29,30,31,33). The molecule has 0 radical (unpaired) electrons. The summed E-state index contributed by atoms with van der Waals surface area (Å²) < 4.78 is 5.97. The van der Waals surface area contributed by atoms with Gasteiger partial charge in [-0.2, -0.15) is 0 Å². The van der Waals surface area contributed by atoms with Crippen molar-refractivity contribution in [3.8, 4) is 5.75 Å². The van der Waals surface area contributed by atoms with Crippen LogP contribution in [0.2, 0.25) is 0 Å². The van der Waals surface area contributed by atoms with Gasteiger partial charge in [-0.05, 0) is 86.0 Å². The summed E-state index contributed by atoms with van der Waals surface area (Å²) >= 11 is 0. The summed E-state index contributed by atoms with van der Waals surface area (Å²) in [7, 11) is 0. The summed E-state index contributed by atoms with van der Waals surface area (Å²) in [6.07, 6.45) is 6.75. The first kappa shape index (κ1) is 21.4. The van der Waals surface area contributed by atoms with Crippen LogP contribution in [-0.2, 0) is 21.4 Å². The topological polar surface area (TPSA) is 84.5 Å². The molecule has 2 aromatic carbocycles. The van der Waals surface area contributed by atoms with E-state index < -0.39 is 17.5 Å². The van der Waals surface area contributed by atoms with E-state index in [2.05, 4.69) is 41.8 Å². The molecule has 1 aliphatic heterocycles. The number of amides is 3. The number of benzene rings is 2. The highest BCUT2D eigenvalue weighted by molar-refractivity contribution is 6.04. The van der Waals surface area contributed by atoms with Gasteiger partial charge in [-0.3, -0.25) is 14.9 Å².